The molecule has 0 spiro atoms. The van der Waals surface area contributed by atoms with Crippen LogP contribution in [0.2, 0.25) is 0 Å². The van der Waals surface area contributed by atoms with Crippen LogP contribution in [0, 0.1) is 0 Å². The summed E-state index contributed by atoms with van der Waals surface area (Å²) < 4.78 is 16.8. The van der Waals surface area contributed by atoms with Gasteiger partial charge in [-0.15, -0.1) is 0 Å². The molecule has 0 aliphatic carbocycles. The summed E-state index contributed by atoms with van der Waals surface area (Å²) >= 11 is 0. The van der Waals surface area contributed by atoms with Crippen molar-refractivity contribution in [2.24, 2.45) is 7.05 Å². The molecule has 2 aromatic rings. The number of amides is 1. The third-order valence-corrected chi connectivity index (χ3v) is 3.41. The number of esters is 1. The summed E-state index contributed by atoms with van der Waals surface area (Å²) in [6, 6.07) is 5.25. The van der Waals surface area contributed by atoms with Crippen LogP contribution in [0.5, 0.6) is 11.5 Å². The molecule has 1 N–H and O–H groups in total. The summed E-state index contributed by atoms with van der Waals surface area (Å²) in [7, 11) is 6.13. The lowest BCUT2D eigenvalue weighted by Crippen LogP contribution is -2.31. The minimum Gasteiger partial charge on any atom is -0.496 e. The molecule has 7 nitrogen and oxygen atoms in total. The summed E-state index contributed by atoms with van der Waals surface area (Å²) in [6.07, 6.45) is 0. The minimum absolute atomic E-state index is 0.189. The van der Waals surface area contributed by atoms with E-state index in [-0.39, 0.29) is 12.5 Å². The van der Waals surface area contributed by atoms with Crippen LogP contribution in [-0.4, -0.2) is 44.3 Å². The van der Waals surface area contributed by atoms with Gasteiger partial charge in [-0.05, 0) is 18.2 Å². The lowest BCUT2D eigenvalue weighted by molar-refractivity contribution is -0.139. The molecule has 2 rings (SSSR count). The maximum Gasteiger partial charge on any atom is 0.325 e. The Kier molecular flexibility index (Phi) is 4.55. The fraction of sp³-hybridized carbons (Fsp3) is 0.333. The number of nitrogens with zero attached hydrogens (tertiary/aromatic N) is 1. The highest BCUT2D eigenvalue weighted by molar-refractivity contribution is 6.02. The van der Waals surface area contributed by atoms with Gasteiger partial charge in [0.05, 0.1) is 26.8 Å². The minimum atomic E-state index is -0.512. The molecule has 0 aliphatic heterocycles. The van der Waals surface area contributed by atoms with Gasteiger partial charge in [-0.3, -0.25) is 9.59 Å². The van der Waals surface area contributed by atoms with Crippen LogP contribution in [-0.2, 0) is 16.6 Å². The summed E-state index contributed by atoms with van der Waals surface area (Å²) in [5, 5.41) is 3.27. The molecule has 0 aliphatic rings. The second kappa shape index (κ2) is 6.38. The number of aryl methyl sites for hydroxylation is 1. The SMILES string of the molecule is COC(=O)CNC(=O)c1cc2c(OC)ccc(OC)c2n1C. The van der Waals surface area contributed by atoms with Crippen molar-refractivity contribution in [2.45, 2.75) is 0 Å². The Labute approximate surface area is 127 Å². The number of rotatable bonds is 5. The highest BCUT2D eigenvalue weighted by atomic mass is 16.5. The van der Waals surface area contributed by atoms with E-state index in [1.807, 2.05) is 0 Å². The van der Waals surface area contributed by atoms with E-state index in [4.69, 9.17) is 9.47 Å². The molecule has 0 fully saturated rings. The summed E-state index contributed by atoms with van der Waals surface area (Å²) in [4.78, 5) is 23.4. The van der Waals surface area contributed by atoms with Gasteiger partial charge in [-0.25, -0.2) is 0 Å². The van der Waals surface area contributed by atoms with E-state index in [9.17, 15) is 9.59 Å². The van der Waals surface area contributed by atoms with Crippen LogP contribution in [0.1, 0.15) is 10.5 Å². The van der Waals surface area contributed by atoms with Gasteiger partial charge in [0.2, 0.25) is 0 Å². The number of ether oxygens (including phenoxy) is 3. The third kappa shape index (κ3) is 2.69. The zero-order chi connectivity index (χ0) is 16.3. The number of methoxy groups -OCH3 is 3. The molecule has 118 valence electrons. The quantitative estimate of drug-likeness (QED) is 0.837. The van der Waals surface area contributed by atoms with Gasteiger partial charge in [0, 0.05) is 12.4 Å². The fourth-order valence-electron chi connectivity index (χ4n) is 2.28. The first-order chi connectivity index (χ1) is 10.5. The number of nitrogens with one attached hydrogen (secondary N) is 1. The van der Waals surface area contributed by atoms with Crippen LogP contribution in [0.3, 0.4) is 0 Å². The van der Waals surface area contributed by atoms with Crippen molar-refractivity contribution in [2.75, 3.05) is 27.9 Å². The van der Waals surface area contributed by atoms with Crippen molar-refractivity contribution in [3.8, 4) is 11.5 Å². The van der Waals surface area contributed by atoms with E-state index in [1.165, 1.54) is 7.11 Å². The molecule has 0 saturated carbocycles. The first-order valence-corrected chi connectivity index (χ1v) is 6.58. The van der Waals surface area contributed by atoms with Gasteiger partial charge < -0.3 is 24.1 Å². The first kappa shape index (κ1) is 15.7. The Bertz CT molecular complexity index is 720. The Morgan fingerprint density at radius 1 is 1.14 bits per heavy atom. The van der Waals surface area contributed by atoms with Crippen molar-refractivity contribution >= 4 is 22.8 Å². The smallest absolute Gasteiger partial charge is 0.325 e. The van der Waals surface area contributed by atoms with Gasteiger partial charge in [0.25, 0.3) is 5.91 Å². The average molecular weight is 306 g/mol. The maximum atomic E-state index is 12.2. The van der Waals surface area contributed by atoms with E-state index < -0.39 is 5.97 Å². The first-order valence-electron chi connectivity index (χ1n) is 6.58. The van der Waals surface area contributed by atoms with Crippen molar-refractivity contribution in [1.82, 2.24) is 9.88 Å². The lowest BCUT2D eigenvalue weighted by Gasteiger charge is -2.09. The molecule has 0 unspecified atom stereocenters. The Morgan fingerprint density at radius 2 is 1.77 bits per heavy atom. The third-order valence-electron chi connectivity index (χ3n) is 3.41. The van der Waals surface area contributed by atoms with E-state index in [2.05, 4.69) is 10.1 Å². The number of carbonyl (C=O) groups is 2. The normalized spacial score (nSPS) is 10.4. The second-order valence-electron chi connectivity index (χ2n) is 4.58. The van der Waals surface area contributed by atoms with Gasteiger partial charge in [-0.1, -0.05) is 0 Å². The Balaban J connectivity index is 2.45. The van der Waals surface area contributed by atoms with Crippen molar-refractivity contribution in [3.05, 3.63) is 23.9 Å². The van der Waals surface area contributed by atoms with Crippen LogP contribution >= 0.6 is 0 Å². The summed E-state index contributed by atoms with van der Waals surface area (Å²) in [6.45, 7) is -0.189. The van der Waals surface area contributed by atoms with Crippen molar-refractivity contribution < 1.29 is 23.8 Å². The van der Waals surface area contributed by atoms with Gasteiger partial charge in [-0.2, -0.15) is 0 Å². The van der Waals surface area contributed by atoms with Crippen LogP contribution in [0.25, 0.3) is 10.9 Å². The largest absolute Gasteiger partial charge is 0.496 e. The molecule has 1 amide bonds. The topological polar surface area (TPSA) is 78.8 Å². The van der Waals surface area contributed by atoms with E-state index >= 15 is 0 Å². The molecular weight excluding hydrogens is 288 g/mol. The average Bonchev–Trinajstić information content (AvgIpc) is 2.89. The maximum absolute atomic E-state index is 12.2. The molecular formula is C15H18N2O5. The monoisotopic (exact) mass is 306 g/mol. The molecule has 1 aromatic carbocycles. The second-order valence-corrected chi connectivity index (χ2v) is 4.58. The molecule has 7 heteroatoms. The molecule has 22 heavy (non-hydrogen) atoms. The van der Waals surface area contributed by atoms with E-state index in [0.29, 0.717) is 17.2 Å². The van der Waals surface area contributed by atoms with Crippen molar-refractivity contribution in [3.63, 3.8) is 0 Å². The number of fused-ring (bicyclic) bond motifs is 1. The molecule has 1 aromatic heterocycles. The molecule has 0 bridgehead atoms. The number of carbonyl (C=O) groups excluding carboxylic acids is 2. The Morgan fingerprint density at radius 3 is 2.36 bits per heavy atom. The summed E-state index contributed by atoms with van der Waals surface area (Å²) in [5.41, 5.74) is 1.13. The van der Waals surface area contributed by atoms with E-state index in [0.717, 1.165) is 10.9 Å². The predicted octanol–water partition coefficient (Wildman–Crippen LogP) is 1.10. The number of benzene rings is 1. The summed E-state index contributed by atoms with van der Waals surface area (Å²) in [5.74, 6) is 0.374. The van der Waals surface area contributed by atoms with Gasteiger partial charge >= 0.3 is 5.97 Å². The van der Waals surface area contributed by atoms with Crippen molar-refractivity contribution in [1.29, 1.82) is 0 Å². The van der Waals surface area contributed by atoms with Crippen LogP contribution < -0.4 is 14.8 Å². The molecule has 0 atom stereocenters. The van der Waals surface area contributed by atoms with Crippen LogP contribution in [0.4, 0.5) is 0 Å². The lowest BCUT2D eigenvalue weighted by atomic mass is 10.2. The Hall–Kier alpha value is -2.70. The zero-order valence-electron chi connectivity index (χ0n) is 12.9. The fourth-order valence-corrected chi connectivity index (χ4v) is 2.28. The van der Waals surface area contributed by atoms with Gasteiger partial charge in [0.1, 0.15) is 23.7 Å². The highest BCUT2D eigenvalue weighted by Gasteiger charge is 2.19. The number of hydrogen-bond acceptors (Lipinski definition) is 5. The van der Waals surface area contributed by atoms with E-state index in [1.54, 1.807) is 44.0 Å². The van der Waals surface area contributed by atoms with Gasteiger partial charge in [0.15, 0.2) is 0 Å². The molecule has 0 radical (unpaired) electrons. The number of hydrogen-bond donors (Lipinski definition) is 1. The van der Waals surface area contributed by atoms with Crippen LogP contribution in [0.15, 0.2) is 18.2 Å². The molecule has 1 heterocycles. The molecule has 0 saturated heterocycles. The number of aromatic nitrogens is 1. The predicted molar refractivity (Wildman–Crippen MR) is 80.4 cm³/mol. The highest BCUT2D eigenvalue weighted by Crippen LogP contribution is 2.35. The standard InChI is InChI=1S/C15H18N2O5/c1-17-10(15(19)16-8-13(18)22-4)7-9-11(20-2)5-6-12(21-3)14(9)17/h5-7H,8H2,1-4H3,(H,16,19). The zero-order valence-corrected chi connectivity index (χ0v) is 12.9.